The highest BCUT2D eigenvalue weighted by atomic mass is 16.2. The predicted octanol–water partition coefficient (Wildman–Crippen LogP) is 2.13. The number of fused-ring (bicyclic) bond motifs is 1. The van der Waals surface area contributed by atoms with Gasteiger partial charge in [0.15, 0.2) is 0 Å². The van der Waals surface area contributed by atoms with E-state index in [1.54, 1.807) is 0 Å². The number of carbonyl (C=O) groups is 1. The Morgan fingerprint density at radius 3 is 2.95 bits per heavy atom. The molecule has 1 aliphatic heterocycles. The van der Waals surface area contributed by atoms with Crippen LogP contribution in [0.1, 0.15) is 24.0 Å². The van der Waals surface area contributed by atoms with Gasteiger partial charge in [-0.25, -0.2) is 0 Å². The molecule has 1 atom stereocenters. The molecule has 0 saturated carbocycles. The zero-order valence-corrected chi connectivity index (χ0v) is 11.6. The fraction of sp³-hybridized carbons (Fsp3) is 0.438. The molecule has 3 nitrogen and oxygen atoms in total. The smallest absolute Gasteiger partial charge is 0.239 e. The van der Waals surface area contributed by atoms with Crippen molar-refractivity contribution in [2.75, 3.05) is 13.6 Å². The van der Waals surface area contributed by atoms with Gasteiger partial charge >= 0.3 is 0 Å². The SMILES string of the molecule is C=CCCCN(C)C(=O)[C@H]1Cc2ccccc2CN1. The van der Waals surface area contributed by atoms with E-state index in [9.17, 15) is 4.79 Å². The van der Waals surface area contributed by atoms with E-state index in [2.05, 4.69) is 24.0 Å². The summed E-state index contributed by atoms with van der Waals surface area (Å²) in [5.41, 5.74) is 2.60. The number of benzene rings is 1. The van der Waals surface area contributed by atoms with Crippen LogP contribution in [0, 0.1) is 0 Å². The summed E-state index contributed by atoms with van der Waals surface area (Å²) < 4.78 is 0. The number of unbranched alkanes of at least 4 members (excludes halogenated alkanes) is 1. The second kappa shape index (κ2) is 6.53. The van der Waals surface area contributed by atoms with Gasteiger partial charge in [-0.3, -0.25) is 4.79 Å². The Morgan fingerprint density at radius 2 is 2.21 bits per heavy atom. The Morgan fingerprint density at radius 1 is 1.47 bits per heavy atom. The molecule has 1 amide bonds. The van der Waals surface area contributed by atoms with Crippen LogP contribution in [0.4, 0.5) is 0 Å². The summed E-state index contributed by atoms with van der Waals surface area (Å²) in [5, 5.41) is 3.34. The molecule has 1 N–H and O–H groups in total. The van der Waals surface area contributed by atoms with E-state index >= 15 is 0 Å². The normalized spacial score (nSPS) is 17.6. The van der Waals surface area contributed by atoms with Gasteiger partial charge in [0.25, 0.3) is 0 Å². The van der Waals surface area contributed by atoms with Crippen LogP contribution in [-0.4, -0.2) is 30.4 Å². The van der Waals surface area contributed by atoms with Gasteiger partial charge in [0.05, 0.1) is 6.04 Å². The first-order valence-electron chi connectivity index (χ1n) is 6.88. The lowest BCUT2D eigenvalue weighted by Gasteiger charge is -2.29. The zero-order valence-electron chi connectivity index (χ0n) is 11.6. The quantitative estimate of drug-likeness (QED) is 0.648. The van der Waals surface area contributed by atoms with Crippen LogP contribution in [0.2, 0.25) is 0 Å². The fourth-order valence-electron chi connectivity index (χ4n) is 2.48. The van der Waals surface area contributed by atoms with Gasteiger partial charge in [0.1, 0.15) is 0 Å². The summed E-state index contributed by atoms with van der Waals surface area (Å²) in [5.74, 6) is 0.193. The molecule has 1 aromatic carbocycles. The number of hydrogen-bond acceptors (Lipinski definition) is 2. The number of likely N-dealkylation sites (N-methyl/N-ethyl adjacent to an activating group) is 1. The number of nitrogens with one attached hydrogen (secondary N) is 1. The Hall–Kier alpha value is -1.61. The fourth-order valence-corrected chi connectivity index (χ4v) is 2.48. The van der Waals surface area contributed by atoms with Crippen LogP contribution >= 0.6 is 0 Å². The third kappa shape index (κ3) is 3.44. The first-order chi connectivity index (χ1) is 9.22. The van der Waals surface area contributed by atoms with Crippen molar-refractivity contribution in [3.63, 3.8) is 0 Å². The minimum atomic E-state index is -0.0800. The van der Waals surface area contributed by atoms with Gasteiger partial charge in [-0.05, 0) is 30.4 Å². The second-order valence-corrected chi connectivity index (χ2v) is 5.10. The van der Waals surface area contributed by atoms with Crippen molar-refractivity contribution >= 4 is 5.91 Å². The number of carbonyl (C=O) groups excluding carboxylic acids is 1. The Labute approximate surface area is 115 Å². The Kier molecular flexibility index (Phi) is 4.74. The molecule has 0 unspecified atom stereocenters. The number of amides is 1. The van der Waals surface area contributed by atoms with E-state index in [0.717, 1.165) is 32.4 Å². The van der Waals surface area contributed by atoms with Crippen LogP contribution in [0.15, 0.2) is 36.9 Å². The molecule has 0 aromatic heterocycles. The molecule has 0 fully saturated rings. The Balaban J connectivity index is 1.93. The average molecular weight is 258 g/mol. The molecule has 2 rings (SSSR count). The lowest BCUT2D eigenvalue weighted by molar-refractivity contribution is -0.132. The van der Waals surface area contributed by atoms with Crippen molar-refractivity contribution in [2.24, 2.45) is 0 Å². The van der Waals surface area contributed by atoms with Crippen molar-refractivity contribution in [3.05, 3.63) is 48.0 Å². The molecule has 1 aliphatic rings. The first-order valence-corrected chi connectivity index (χ1v) is 6.88. The van der Waals surface area contributed by atoms with Gasteiger partial charge in [0.2, 0.25) is 5.91 Å². The van der Waals surface area contributed by atoms with Crippen molar-refractivity contribution in [2.45, 2.75) is 31.8 Å². The van der Waals surface area contributed by atoms with Crippen LogP contribution in [0.25, 0.3) is 0 Å². The monoisotopic (exact) mass is 258 g/mol. The van der Waals surface area contributed by atoms with E-state index in [0.29, 0.717) is 0 Å². The van der Waals surface area contributed by atoms with E-state index < -0.39 is 0 Å². The van der Waals surface area contributed by atoms with E-state index in [-0.39, 0.29) is 11.9 Å². The molecule has 0 radical (unpaired) electrons. The second-order valence-electron chi connectivity index (χ2n) is 5.10. The number of hydrogen-bond donors (Lipinski definition) is 1. The summed E-state index contributed by atoms with van der Waals surface area (Å²) >= 11 is 0. The van der Waals surface area contributed by atoms with Crippen molar-refractivity contribution < 1.29 is 4.79 Å². The number of nitrogens with zero attached hydrogens (tertiary/aromatic N) is 1. The van der Waals surface area contributed by atoms with Gasteiger partial charge < -0.3 is 10.2 Å². The molecule has 0 spiro atoms. The highest BCUT2D eigenvalue weighted by Crippen LogP contribution is 2.17. The summed E-state index contributed by atoms with van der Waals surface area (Å²) in [4.78, 5) is 14.2. The highest BCUT2D eigenvalue weighted by Gasteiger charge is 2.25. The maximum atomic E-state index is 12.3. The highest BCUT2D eigenvalue weighted by molar-refractivity contribution is 5.82. The molecular weight excluding hydrogens is 236 g/mol. The molecule has 102 valence electrons. The third-order valence-electron chi connectivity index (χ3n) is 3.66. The molecular formula is C16H22N2O. The average Bonchev–Trinajstić information content (AvgIpc) is 2.46. The molecule has 3 heteroatoms. The largest absolute Gasteiger partial charge is 0.344 e. The van der Waals surface area contributed by atoms with Crippen molar-refractivity contribution in [1.29, 1.82) is 0 Å². The van der Waals surface area contributed by atoms with E-state index in [1.165, 1.54) is 11.1 Å². The molecule has 1 aromatic rings. The van der Waals surface area contributed by atoms with E-state index in [1.807, 2.05) is 30.2 Å². The van der Waals surface area contributed by atoms with Gasteiger partial charge in [0, 0.05) is 20.1 Å². The predicted molar refractivity (Wildman–Crippen MR) is 77.8 cm³/mol. The van der Waals surface area contributed by atoms with Crippen molar-refractivity contribution in [1.82, 2.24) is 10.2 Å². The maximum absolute atomic E-state index is 12.3. The lowest BCUT2D eigenvalue weighted by atomic mass is 9.95. The maximum Gasteiger partial charge on any atom is 0.239 e. The molecule has 0 aliphatic carbocycles. The number of allylic oxidation sites excluding steroid dienone is 1. The molecule has 19 heavy (non-hydrogen) atoms. The van der Waals surface area contributed by atoms with Gasteiger partial charge in [-0.1, -0.05) is 30.3 Å². The molecule has 0 saturated heterocycles. The van der Waals surface area contributed by atoms with Crippen LogP contribution in [0.3, 0.4) is 0 Å². The lowest BCUT2D eigenvalue weighted by Crippen LogP contribution is -2.48. The minimum Gasteiger partial charge on any atom is -0.344 e. The first kappa shape index (κ1) is 13.8. The number of rotatable bonds is 5. The van der Waals surface area contributed by atoms with Gasteiger partial charge in [-0.2, -0.15) is 0 Å². The zero-order chi connectivity index (χ0) is 13.7. The summed E-state index contributed by atoms with van der Waals surface area (Å²) in [6.07, 6.45) is 4.63. The minimum absolute atomic E-state index is 0.0800. The van der Waals surface area contributed by atoms with E-state index in [4.69, 9.17) is 0 Å². The molecule has 1 heterocycles. The van der Waals surface area contributed by atoms with Crippen LogP contribution in [-0.2, 0) is 17.8 Å². The standard InChI is InChI=1S/C16H22N2O/c1-3-4-7-10-18(2)16(19)15-11-13-8-5-6-9-14(13)12-17-15/h3,5-6,8-9,15,17H,1,4,7,10-12H2,2H3/t15-/m1/s1. The Bertz CT molecular complexity index is 456. The van der Waals surface area contributed by atoms with Crippen molar-refractivity contribution in [3.8, 4) is 0 Å². The summed E-state index contributed by atoms with van der Waals surface area (Å²) in [6.45, 7) is 5.28. The molecule has 0 bridgehead atoms. The van der Waals surface area contributed by atoms with Crippen LogP contribution in [0.5, 0.6) is 0 Å². The summed E-state index contributed by atoms with van der Waals surface area (Å²) in [7, 11) is 1.88. The van der Waals surface area contributed by atoms with Gasteiger partial charge in [-0.15, -0.1) is 6.58 Å². The van der Waals surface area contributed by atoms with Crippen LogP contribution < -0.4 is 5.32 Å². The topological polar surface area (TPSA) is 32.3 Å². The third-order valence-corrected chi connectivity index (χ3v) is 3.66. The summed E-state index contributed by atoms with van der Waals surface area (Å²) in [6, 6.07) is 8.25.